The Morgan fingerprint density at radius 2 is 1.44 bits per heavy atom. The van der Waals surface area contributed by atoms with Crippen LogP contribution in [-0.2, 0) is 10.0 Å². The highest BCUT2D eigenvalue weighted by Gasteiger charge is 2.14. The third-order valence-electron chi connectivity index (χ3n) is 3.64. The van der Waals surface area contributed by atoms with E-state index in [1.54, 1.807) is 36.4 Å². The van der Waals surface area contributed by atoms with E-state index in [2.05, 4.69) is 10.0 Å². The van der Waals surface area contributed by atoms with E-state index >= 15 is 0 Å². The van der Waals surface area contributed by atoms with Gasteiger partial charge in [-0.25, -0.2) is 12.8 Å². The van der Waals surface area contributed by atoms with Crippen LogP contribution in [-0.4, -0.2) is 14.3 Å². The Morgan fingerprint density at radius 3 is 2.07 bits per heavy atom. The third-order valence-corrected chi connectivity index (χ3v) is 5.36. The fraction of sp³-hybridized carbons (Fsp3) is 0. The molecule has 0 saturated carbocycles. The lowest BCUT2D eigenvalue weighted by Crippen LogP contribution is -2.14. The molecule has 3 aromatic carbocycles. The maximum absolute atomic E-state index is 12.9. The summed E-state index contributed by atoms with van der Waals surface area (Å²) in [5.74, 6) is -0.896. The Morgan fingerprint density at radius 1 is 0.852 bits per heavy atom. The second kappa shape index (κ2) is 7.77. The first-order valence-electron chi connectivity index (χ1n) is 7.79. The Labute approximate surface area is 160 Å². The standard InChI is InChI=1S/C19H14ClFN2O3S/c20-18-4-2-1-3-17(18)19(24)22-14-7-9-15(10-8-14)23-27(25,26)16-11-5-13(21)6-12-16/h1-12,23H,(H,22,24). The molecule has 0 radical (unpaired) electrons. The van der Waals surface area contributed by atoms with E-state index in [9.17, 15) is 17.6 Å². The van der Waals surface area contributed by atoms with Gasteiger partial charge in [-0.1, -0.05) is 23.7 Å². The van der Waals surface area contributed by atoms with Crippen molar-refractivity contribution in [2.45, 2.75) is 4.90 Å². The number of carbonyl (C=O) groups is 1. The lowest BCUT2D eigenvalue weighted by atomic mass is 10.2. The Hall–Kier alpha value is -2.90. The minimum Gasteiger partial charge on any atom is -0.322 e. The number of sulfonamides is 1. The van der Waals surface area contributed by atoms with E-state index in [1.165, 1.54) is 24.3 Å². The maximum atomic E-state index is 12.9. The molecule has 0 aliphatic carbocycles. The van der Waals surface area contributed by atoms with Crippen molar-refractivity contribution < 1.29 is 17.6 Å². The summed E-state index contributed by atoms with van der Waals surface area (Å²) in [6.07, 6.45) is 0. The smallest absolute Gasteiger partial charge is 0.261 e. The first-order valence-corrected chi connectivity index (χ1v) is 9.65. The molecular weight excluding hydrogens is 391 g/mol. The monoisotopic (exact) mass is 404 g/mol. The van der Waals surface area contributed by atoms with Gasteiger partial charge in [0.1, 0.15) is 5.82 Å². The van der Waals surface area contributed by atoms with Crippen LogP contribution in [0, 0.1) is 5.82 Å². The van der Waals surface area contributed by atoms with Crippen LogP contribution in [0.4, 0.5) is 15.8 Å². The SMILES string of the molecule is O=C(Nc1ccc(NS(=O)(=O)c2ccc(F)cc2)cc1)c1ccccc1Cl. The van der Waals surface area contributed by atoms with Gasteiger partial charge in [0.2, 0.25) is 0 Å². The van der Waals surface area contributed by atoms with Crippen molar-refractivity contribution in [3.8, 4) is 0 Å². The zero-order valence-corrected chi connectivity index (χ0v) is 15.4. The summed E-state index contributed by atoms with van der Waals surface area (Å²) in [5, 5.41) is 3.02. The van der Waals surface area contributed by atoms with Crippen LogP contribution in [0.25, 0.3) is 0 Å². The molecule has 0 aliphatic rings. The third kappa shape index (κ3) is 4.64. The molecule has 2 N–H and O–H groups in total. The van der Waals surface area contributed by atoms with E-state index in [-0.39, 0.29) is 10.8 Å². The molecule has 0 aliphatic heterocycles. The molecule has 138 valence electrons. The molecule has 27 heavy (non-hydrogen) atoms. The van der Waals surface area contributed by atoms with Gasteiger partial charge in [0, 0.05) is 11.4 Å². The van der Waals surface area contributed by atoms with Crippen molar-refractivity contribution in [1.82, 2.24) is 0 Å². The molecule has 0 saturated heterocycles. The van der Waals surface area contributed by atoms with Gasteiger partial charge in [0.15, 0.2) is 0 Å². The van der Waals surface area contributed by atoms with Crippen LogP contribution < -0.4 is 10.0 Å². The number of hydrogen-bond acceptors (Lipinski definition) is 3. The number of rotatable bonds is 5. The largest absolute Gasteiger partial charge is 0.322 e. The zero-order chi connectivity index (χ0) is 19.4. The zero-order valence-electron chi connectivity index (χ0n) is 13.8. The number of halogens is 2. The number of nitrogens with one attached hydrogen (secondary N) is 2. The normalized spacial score (nSPS) is 11.0. The highest BCUT2D eigenvalue weighted by atomic mass is 35.5. The number of anilines is 2. The first-order chi connectivity index (χ1) is 12.8. The summed E-state index contributed by atoms with van der Waals surface area (Å²) >= 11 is 5.99. The highest BCUT2D eigenvalue weighted by molar-refractivity contribution is 7.92. The van der Waals surface area contributed by atoms with E-state index < -0.39 is 15.8 Å². The number of hydrogen-bond donors (Lipinski definition) is 2. The summed E-state index contributed by atoms with van der Waals surface area (Å²) < 4.78 is 39.9. The predicted octanol–water partition coefficient (Wildman–Crippen LogP) is 4.53. The summed E-state index contributed by atoms with van der Waals surface area (Å²) in [7, 11) is -3.84. The van der Waals surface area contributed by atoms with Gasteiger partial charge >= 0.3 is 0 Å². The second-order valence-electron chi connectivity index (χ2n) is 5.57. The molecule has 1 amide bonds. The van der Waals surface area contributed by atoms with Crippen LogP contribution >= 0.6 is 11.6 Å². The van der Waals surface area contributed by atoms with Gasteiger partial charge < -0.3 is 5.32 Å². The molecule has 0 spiro atoms. The average Bonchev–Trinajstić information content (AvgIpc) is 2.64. The van der Waals surface area contributed by atoms with Gasteiger partial charge in [0.25, 0.3) is 15.9 Å². The average molecular weight is 405 g/mol. The fourth-order valence-electron chi connectivity index (χ4n) is 2.29. The maximum Gasteiger partial charge on any atom is 0.261 e. The van der Waals surface area contributed by atoms with E-state index in [1.807, 2.05) is 0 Å². The topological polar surface area (TPSA) is 75.3 Å². The Kier molecular flexibility index (Phi) is 5.43. The van der Waals surface area contributed by atoms with Crippen LogP contribution in [0.15, 0.2) is 77.7 Å². The van der Waals surface area contributed by atoms with Crippen molar-refractivity contribution in [2.24, 2.45) is 0 Å². The number of benzene rings is 3. The van der Waals surface area contributed by atoms with Gasteiger partial charge in [-0.05, 0) is 60.7 Å². The van der Waals surface area contributed by atoms with Gasteiger partial charge in [-0.15, -0.1) is 0 Å². The lowest BCUT2D eigenvalue weighted by Gasteiger charge is -2.10. The van der Waals surface area contributed by atoms with Crippen molar-refractivity contribution in [3.05, 3.63) is 89.2 Å². The molecule has 0 heterocycles. The van der Waals surface area contributed by atoms with Crippen LogP contribution in [0.1, 0.15) is 10.4 Å². The number of carbonyl (C=O) groups excluding carboxylic acids is 1. The van der Waals surface area contributed by atoms with Gasteiger partial charge in [0.05, 0.1) is 15.5 Å². The molecule has 0 fully saturated rings. The predicted molar refractivity (Wildman–Crippen MR) is 103 cm³/mol. The molecule has 0 bridgehead atoms. The van der Waals surface area contributed by atoms with Crippen LogP contribution in [0.2, 0.25) is 5.02 Å². The molecule has 0 atom stereocenters. The minimum absolute atomic E-state index is 0.0556. The first kappa shape index (κ1) is 18.9. The second-order valence-corrected chi connectivity index (χ2v) is 7.66. The van der Waals surface area contributed by atoms with Crippen molar-refractivity contribution in [2.75, 3.05) is 10.0 Å². The highest BCUT2D eigenvalue weighted by Crippen LogP contribution is 2.20. The van der Waals surface area contributed by atoms with Gasteiger partial charge in [-0.2, -0.15) is 0 Å². The molecular formula is C19H14ClFN2O3S. The van der Waals surface area contributed by atoms with Crippen LogP contribution in [0.3, 0.4) is 0 Å². The summed E-state index contributed by atoms with van der Waals surface area (Å²) in [5.41, 5.74) is 1.11. The van der Waals surface area contributed by atoms with E-state index in [0.29, 0.717) is 22.0 Å². The summed E-state index contributed by atoms with van der Waals surface area (Å²) in [6, 6.07) is 17.2. The Balaban J connectivity index is 1.71. The van der Waals surface area contributed by atoms with Crippen molar-refractivity contribution in [3.63, 3.8) is 0 Å². The summed E-state index contributed by atoms with van der Waals surface area (Å²) in [6.45, 7) is 0. The molecule has 3 aromatic rings. The molecule has 0 unspecified atom stereocenters. The minimum atomic E-state index is -3.84. The molecule has 3 rings (SSSR count). The van der Waals surface area contributed by atoms with Crippen molar-refractivity contribution in [1.29, 1.82) is 0 Å². The molecule has 8 heteroatoms. The fourth-order valence-corrected chi connectivity index (χ4v) is 3.57. The Bertz CT molecular complexity index is 1070. The quantitative estimate of drug-likeness (QED) is 0.655. The molecule has 0 aromatic heterocycles. The van der Waals surface area contributed by atoms with Crippen LogP contribution in [0.5, 0.6) is 0 Å². The van der Waals surface area contributed by atoms with Crippen molar-refractivity contribution >= 4 is 38.9 Å². The lowest BCUT2D eigenvalue weighted by molar-refractivity contribution is 0.102. The van der Waals surface area contributed by atoms with E-state index in [4.69, 9.17) is 11.6 Å². The summed E-state index contributed by atoms with van der Waals surface area (Å²) in [4.78, 5) is 12.2. The van der Waals surface area contributed by atoms with Gasteiger partial charge in [-0.3, -0.25) is 9.52 Å². The molecule has 5 nitrogen and oxygen atoms in total. The van der Waals surface area contributed by atoms with E-state index in [0.717, 1.165) is 12.1 Å². The number of amides is 1.